The number of thioether (sulfide) groups is 1. The third kappa shape index (κ3) is 5.21. The van der Waals surface area contributed by atoms with Crippen LogP contribution in [0.5, 0.6) is 5.75 Å². The Morgan fingerprint density at radius 1 is 1.15 bits per heavy atom. The maximum atomic E-state index is 13.8. The van der Waals surface area contributed by atoms with Crippen molar-refractivity contribution in [2.75, 3.05) is 30.4 Å². The van der Waals surface area contributed by atoms with Gasteiger partial charge in [0, 0.05) is 24.2 Å². The summed E-state index contributed by atoms with van der Waals surface area (Å²) >= 11 is 1.60. The lowest BCUT2D eigenvalue weighted by atomic mass is 9.92. The first-order valence-corrected chi connectivity index (χ1v) is 14.2. The number of benzene rings is 2. The molecule has 1 aliphatic carbocycles. The molecule has 7 nitrogen and oxygen atoms in total. The lowest BCUT2D eigenvalue weighted by molar-refractivity contribution is 0.0490. The number of aromatic carboxylic acids is 1. The van der Waals surface area contributed by atoms with E-state index in [9.17, 15) is 18.3 Å². The number of rotatable bonds is 9. The minimum absolute atomic E-state index is 0.0384. The molecular formula is C25H31NO6S2. The Hall–Kier alpha value is -2.23. The SMILES string of the molecule is CSc1ccc(N(C2CCC2)S(=O)(=O)c2ccc(OCC3CCOCC3)c(C(=O)O)c2)c(C)c1. The van der Waals surface area contributed by atoms with Gasteiger partial charge in [-0.3, -0.25) is 4.31 Å². The summed E-state index contributed by atoms with van der Waals surface area (Å²) in [6, 6.07) is 9.77. The molecule has 0 aromatic heterocycles. The van der Waals surface area contributed by atoms with Gasteiger partial charge in [0.15, 0.2) is 0 Å². The van der Waals surface area contributed by atoms with Gasteiger partial charge in [0.1, 0.15) is 11.3 Å². The monoisotopic (exact) mass is 505 g/mol. The Labute approximate surface area is 205 Å². The molecule has 184 valence electrons. The van der Waals surface area contributed by atoms with E-state index in [-0.39, 0.29) is 22.3 Å². The zero-order chi connectivity index (χ0) is 24.3. The van der Waals surface area contributed by atoms with Crippen LogP contribution in [0.25, 0.3) is 0 Å². The lowest BCUT2D eigenvalue weighted by Gasteiger charge is -2.39. The van der Waals surface area contributed by atoms with Gasteiger partial charge < -0.3 is 14.6 Å². The van der Waals surface area contributed by atoms with Crippen LogP contribution in [-0.2, 0) is 14.8 Å². The van der Waals surface area contributed by atoms with Crippen LogP contribution in [0.3, 0.4) is 0 Å². The number of sulfonamides is 1. The summed E-state index contributed by atoms with van der Waals surface area (Å²) in [5.74, 6) is -0.733. The number of carboxylic acid groups (broad SMARTS) is 1. The van der Waals surface area contributed by atoms with Gasteiger partial charge in [0.2, 0.25) is 0 Å². The molecule has 0 amide bonds. The number of hydrogen-bond acceptors (Lipinski definition) is 6. The molecule has 1 heterocycles. The fraction of sp³-hybridized carbons (Fsp3) is 0.480. The Balaban J connectivity index is 1.66. The van der Waals surface area contributed by atoms with Gasteiger partial charge in [-0.05, 0) is 93.2 Å². The average molecular weight is 506 g/mol. The first kappa shape index (κ1) is 24.9. The van der Waals surface area contributed by atoms with Crippen LogP contribution in [0.4, 0.5) is 5.69 Å². The third-order valence-electron chi connectivity index (χ3n) is 6.60. The summed E-state index contributed by atoms with van der Waals surface area (Å²) in [4.78, 5) is 13.0. The second-order valence-corrected chi connectivity index (χ2v) is 11.6. The van der Waals surface area contributed by atoms with E-state index in [1.807, 2.05) is 31.4 Å². The van der Waals surface area contributed by atoms with E-state index in [0.717, 1.165) is 42.6 Å². The highest BCUT2D eigenvalue weighted by Crippen LogP contribution is 2.38. The molecule has 2 aromatic rings. The Kier molecular flexibility index (Phi) is 7.74. The molecule has 34 heavy (non-hydrogen) atoms. The number of aryl methyl sites for hydroxylation is 1. The number of nitrogens with zero attached hydrogens (tertiary/aromatic N) is 1. The first-order valence-electron chi connectivity index (χ1n) is 11.6. The Morgan fingerprint density at radius 2 is 1.88 bits per heavy atom. The highest BCUT2D eigenvalue weighted by atomic mass is 32.2. The number of carboxylic acids is 1. The van der Waals surface area contributed by atoms with E-state index in [4.69, 9.17) is 9.47 Å². The molecule has 9 heteroatoms. The molecule has 1 saturated heterocycles. The van der Waals surface area contributed by atoms with Crippen LogP contribution in [-0.4, -0.2) is 51.6 Å². The summed E-state index contributed by atoms with van der Waals surface area (Å²) in [6.45, 7) is 3.63. The average Bonchev–Trinajstić information content (AvgIpc) is 2.80. The van der Waals surface area contributed by atoms with Crippen molar-refractivity contribution in [2.45, 2.75) is 54.9 Å². The topological polar surface area (TPSA) is 93.1 Å². The third-order valence-corrected chi connectivity index (χ3v) is 9.19. The van der Waals surface area contributed by atoms with Gasteiger partial charge in [0.05, 0.1) is 17.2 Å². The minimum atomic E-state index is -3.97. The Morgan fingerprint density at radius 3 is 2.47 bits per heavy atom. The number of carbonyl (C=O) groups is 1. The second kappa shape index (κ2) is 10.6. The predicted octanol–water partition coefficient (Wildman–Crippen LogP) is 4.97. The van der Waals surface area contributed by atoms with Gasteiger partial charge in [-0.25, -0.2) is 13.2 Å². The molecule has 1 aliphatic heterocycles. The summed E-state index contributed by atoms with van der Waals surface area (Å²) in [5, 5.41) is 9.81. The highest BCUT2D eigenvalue weighted by molar-refractivity contribution is 7.98. The summed E-state index contributed by atoms with van der Waals surface area (Å²) in [5.41, 5.74) is 1.37. The van der Waals surface area contributed by atoms with E-state index >= 15 is 0 Å². The second-order valence-electron chi connectivity index (χ2n) is 8.87. The van der Waals surface area contributed by atoms with Crippen LogP contribution >= 0.6 is 11.8 Å². The highest BCUT2D eigenvalue weighted by Gasteiger charge is 2.36. The van der Waals surface area contributed by atoms with Crippen molar-refractivity contribution in [1.29, 1.82) is 0 Å². The van der Waals surface area contributed by atoms with Crippen molar-refractivity contribution in [1.82, 2.24) is 0 Å². The van der Waals surface area contributed by atoms with E-state index in [1.54, 1.807) is 11.8 Å². The molecule has 2 aliphatic rings. The maximum Gasteiger partial charge on any atom is 0.339 e. The van der Waals surface area contributed by atoms with Crippen molar-refractivity contribution in [3.05, 3.63) is 47.5 Å². The summed E-state index contributed by atoms with van der Waals surface area (Å²) in [7, 11) is -3.97. The first-order chi connectivity index (χ1) is 16.3. The van der Waals surface area contributed by atoms with Crippen LogP contribution in [0, 0.1) is 12.8 Å². The zero-order valence-corrected chi connectivity index (χ0v) is 21.2. The quantitative estimate of drug-likeness (QED) is 0.481. The standard InChI is InChI=1S/C25H31NO6S2/c1-17-14-20(33-2)6-8-23(17)26(19-4-3-5-19)34(29,30)21-7-9-24(22(15-21)25(27)28)32-16-18-10-12-31-13-11-18/h6-9,14-15,18-19H,3-5,10-13,16H2,1-2H3,(H,27,28). The molecule has 0 radical (unpaired) electrons. The zero-order valence-electron chi connectivity index (χ0n) is 19.5. The molecule has 2 aromatic carbocycles. The number of ether oxygens (including phenoxy) is 2. The molecule has 0 bridgehead atoms. The van der Waals surface area contributed by atoms with Gasteiger partial charge >= 0.3 is 5.97 Å². The van der Waals surface area contributed by atoms with Gasteiger partial charge in [0.25, 0.3) is 10.0 Å². The fourth-order valence-electron chi connectivity index (χ4n) is 4.34. The maximum absolute atomic E-state index is 13.8. The van der Waals surface area contributed by atoms with E-state index in [1.165, 1.54) is 22.5 Å². The van der Waals surface area contributed by atoms with Crippen LogP contribution in [0.1, 0.15) is 48.0 Å². The predicted molar refractivity (Wildman–Crippen MR) is 133 cm³/mol. The number of hydrogen-bond donors (Lipinski definition) is 1. The number of anilines is 1. The van der Waals surface area contributed by atoms with Crippen LogP contribution in [0.2, 0.25) is 0 Å². The molecule has 1 N–H and O–H groups in total. The molecule has 0 atom stereocenters. The largest absolute Gasteiger partial charge is 0.492 e. The lowest BCUT2D eigenvalue weighted by Crippen LogP contribution is -2.44. The fourth-order valence-corrected chi connectivity index (χ4v) is 6.64. The van der Waals surface area contributed by atoms with Gasteiger partial charge in [-0.15, -0.1) is 11.8 Å². The van der Waals surface area contributed by atoms with E-state index < -0.39 is 16.0 Å². The van der Waals surface area contributed by atoms with Crippen molar-refractivity contribution in [3.8, 4) is 5.75 Å². The molecule has 4 rings (SSSR count). The van der Waals surface area contributed by atoms with Crippen molar-refractivity contribution in [2.24, 2.45) is 5.92 Å². The molecular weight excluding hydrogens is 474 g/mol. The summed E-state index contributed by atoms with van der Waals surface area (Å²) < 4.78 is 40.3. The Bertz CT molecular complexity index is 1140. The smallest absolute Gasteiger partial charge is 0.339 e. The minimum Gasteiger partial charge on any atom is -0.492 e. The molecule has 1 saturated carbocycles. The van der Waals surface area contributed by atoms with E-state index in [0.29, 0.717) is 31.4 Å². The van der Waals surface area contributed by atoms with Crippen molar-refractivity contribution in [3.63, 3.8) is 0 Å². The molecule has 0 spiro atoms. The summed E-state index contributed by atoms with van der Waals surface area (Å²) in [6.07, 6.45) is 6.23. The van der Waals surface area contributed by atoms with Gasteiger partial charge in [-0.1, -0.05) is 0 Å². The van der Waals surface area contributed by atoms with Crippen molar-refractivity contribution < 1.29 is 27.8 Å². The molecule has 2 fully saturated rings. The van der Waals surface area contributed by atoms with Gasteiger partial charge in [-0.2, -0.15) is 0 Å². The van der Waals surface area contributed by atoms with E-state index in [2.05, 4.69) is 0 Å². The normalized spacial score (nSPS) is 17.2. The molecule has 0 unspecified atom stereocenters. The van der Waals surface area contributed by atoms with Crippen LogP contribution in [0.15, 0.2) is 46.2 Å². The van der Waals surface area contributed by atoms with Crippen LogP contribution < -0.4 is 9.04 Å². The van der Waals surface area contributed by atoms with Crippen molar-refractivity contribution >= 4 is 33.4 Å².